The topological polar surface area (TPSA) is 106 Å². The number of carboxylic acids is 1. The van der Waals surface area contributed by atoms with Gasteiger partial charge in [-0.15, -0.1) is 0 Å². The molecule has 19 heavy (non-hydrogen) atoms. The van der Waals surface area contributed by atoms with E-state index < -0.39 is 21.8 Å². The molecule has 0 aliphatic carbocycles. The Morgan fingerprint density at radius 3 is 2.68 bits per heavy atom. The summed E-state index contributed by atoms with van der Waals surface area (Å²) in [4.78, 5) is 10.7. The molecule has 2 bridgehead atoms. The van der Waals surface area contributed by atoms with Crippen LogP contribution in [0.25, 0.3) is 0 Å². The summed E-state index contributed by atoms with van der Waals surface area (Å²) in [6.07, 6.45) is 2.50. The van der Waals surface area contributed by atoms with E-state index in [1.165, 1.54) is 0 Å². The third kappa shape index (κ3) is 2.26. The smallest absolute Gasteiger partial charge is 0.371 e. The summed E-state index contributed by atoms with van der Waals surface area (Å²) in [6, 6.07) is 2.00. The van der Waals surface area contributed by atoms with E-state index in [0.717, 1.165) is 25.0 Å². The molecule has 0 saturated carbocycles. The van der Waals surface area contributed by atoms with Crippen LogP contribution < -0.4 is 4.72 Å². The van der Waals surface area contributed by atoms with Gasteiger partial charge in [0.25, 0.3) is 10.0 Å². The van der Waals surface area contributed by atoms with Crippen LogP contribution >= 0.6 is 0 Å². The summed E-state index contributed by atoms with van der Waals surface area (Å²) in [6.45, 7) is 0. The Morgan fingerprint density at radius 2 is 2.16 bits per heavy atom. The highest BCUT2D eigenvalue weighted by Crippen LogP contribution is 2.35. The number of fused-ring (bicyclic) bond motifs is 2. The van der Waals surface area contributed by atoms with Gasteiger partial charge in [0.1, 0.15) is 0 Å². The maximum atomic E-state index is 12.0. The number of ether oxygens (including phenoxy) is 1. The molecule has 3 rings (SSSR count). The molecule has 0 amide bonds. The quantitative estimate of drug-likeness (QED) is 0.839. The van der Waals surface area contributed by atoms with Crippen molar-refractivity contribution in [2.45, 2.75) is 42.6 Å². The second kappa shape index (κ2) is 4.32. The molecule has 104 valence electrons. The maximum Gasteiger partial charge on any atom is 0.371 e. The van der Waals surface area contributed by atoms with Crippen molar-refractivity contribution in [2.24, 2.45) is 0 Å². The normalized spacial score (nSPS) is 29.8. The predicted octanol–water partition coefficient (Wildman–Crippen LogP) is 0.576. The zero-order valence-electron chi connectivity index (χ0n) is 9.90. The Balaban J connectivity index is 1.77. The molecule has 3 unspecified atom stereocenters. The van der Waals surface area contributed by atoms with Gasteiger partial charge in [-0.05, 0) is 31.4 Å². The Kier molecular flexibility index (Phi) is 2.88. The highest BCUT2D eigenvalue weighted by Gasteiger charge is 2.43. The molecular formula is C11H13NO6S. The van der Waals surface area contributed by atoms with Crippen LogP contribution in [0.15, 0.2) is 21.6 Å². The first-order chi connectivity index (χ1) is 8.95. The van der Waals surface area contributed by atoms with Gasteiger partial charge in [0.15, 0.2) is 0 Å². The molecule has 7 nitrogen and oxygen atoms in total. The first kappa shape index (κ1) is 12.6. The van der Waals surface area contributed by atoms with Gasteiger partial charge in [0.05, 0.1) is 18.2 Å². The lowest BCUT2D eigenvalue weighted by Gasteiger charge is -2.18. The van der Waals surface area contributed by atoms with Crippen LogP contribution in [0.5, 0.6) is 0 Å². The van der Waals surface area contributed by atoms with Crippen molar-refractivity contribution in [1.82, 2.24) is 4.72 Å². The van der Waals surface area contributed by atoms with E-state index in [1.807, 2.05) is 0 Å². The number of aromatic carboxylic acids is 1. The molecule has 2 saturated heterocycles. The summed E-state index contributed by atoms with van der Waals surface area (Å²) in [5.41, 5.74) is 0. The van der Waals surface area contributed by atoms with E-state index in [1.54, 1.807) is 0 Å². The minimum atomic E-state index is -3.84. The average molecular weight is 287 g/mol. The monoisotopic (exact) mass is 287 g/mol. The number of hydrogen-bond acceptors (Lipinski definition) is 5. The second-order valence-corrected chi connectivity index (χ2v) is 6.41. The number of nitrogens with one attached hydrogen (secondary N) is 1. The Labute approximate surface area is 109 Å². The molecule has 1 aromatic heterocycles. The largest absolute Gasteiger partial charge is 0.475 e. The first-order valence-corrected chi connectivity index (χ1v) is 7.45. The van der Waals surface area contributed by atoms with Crippen molar-refractivity contribution >= 4 is 16.0 Å². The van der Waals surface area contributed by atoms with Crippen molar-refractivity contribution < 1.29 is 27.5 Å². The number of carboxylic acid groups (broad SMARTS) is 1. The molecule has 3 atom stereocenters. The van der Waals surface area contributed by atoms with Crippen molar-refractivity contribution in [3.8, 4) is 0 Å². The van der Waals surface area contributed by atoms with Crippen LogP contribution in [0.4, 0.5) is 0 Å². The number of furan rings is 1. The molecule has 2 fully saturated rings. The van der Waals surface area contributed by atoms with Crippen LogP contribution in [0.3, 0.4) is 0 Å². The molecule has 0 spiro atoms. The highest BCUT2D eigenvalue weighted by molar-refractivity contribution is 7.89. The van der Waals surface area contributed by atoms with Gasteiger partial charge in [0.2, 0.25) is 10.9 Å². The summed E-state index contributed by atoms with van der Waals surface area (Å²) in [5.74, 6) is -1.70. The van der Waals surface area contributed by atoms with Gasteiger partial charge in [-0.2, -0.15) is 0 Å². The maximum absolute atomic E-state index is 12.0. The number of rotatable bonds is 4. The van der Waals surface area contributed by atoms with Crippen molar-refractivity contribution in [2.75, 3.05) is 0 Å². The first-order valence-electron chi connectivity index (χ1n) is 5.96. The van der Waals surface area contributed by atoms with E-state index in [-0.39, 0.29) is 23.3 Å². The Bertz CT molecular complexity index is 606. The minimum Gasteiger partial charge on any atom is -0.475 e. The Hall–Kier alpha value is -1.38. The van der Waals surface area contributed by atoms with E-state index in [2.05, 4.69) is 4.72 Å². The van der Waals surface area contributed by atoms with Crippen molar-refractivity contribution in [3.05, 3.63) is 17.9 Å². The SMILES string of the molecule is O=C(O)c1ccc(S(=O)(=O)NC2CC3CCC2O3)o1. The lowest BCUT2D eigenvalue weighted by atomic mass is 9.96. The zero-order chi connectivity index (χ0) is 13.6. The minimum absolute atomic E-state index is 0.0892. The summed E-state index contributed by atoms with van der Waals surface area (Å²) >= 11 is 0. The molecule has 2 aliphatic rings. The zero-order valence-corrected chi connectivity index (χ0v) is 10.7. The van der Waals surface area contributed by atoms with Gasteiger partial charge in [-0.3, -0.25) is 0 Å². The molecular weight excluding hydrogens is 274 g/mol. The highest BCUT2D eigenvalue weighted by atomic mass is 32.2. The van der Waals surface area contributed by atoms with Crippen LogP contribution in [0.1, 0.15) is 29.8 Å². The fourth-order valence-corrected chi connectivity index (χ4v) is 3.81. The van der Waals surface area contributed by atoms with Gasteiger partial charge in [-0.1, -0.05) is 0 Å². The molecule has 0 radical (unpaired) electrons. The van der Waals surface area contributed by atoms with Gasteiger partial charge in [-0.25, -0.2) is 17.9 Å². The van der Waals surface area contributed by atoms with E-state index in [0.29, 0.717) is 6.42 Å². The van der Waals surface area contributed by atoms with E-state index in [9.17, 15) is 13.2 Å². The number of sulfonamides is 1. The fraction of sp³-hybridized carbons (Fsp3) is 0.545. The third-order valence-corrected chi connectivity index (χ3v) is 4.83. The van der Waals surface area contributed by atoms with Crippen LogP contribution in [0.2, 0.25) is 0 Å². The van der Waals surface area contributed by atoms with E-state index in [4.69, 9.17) is 14.3 Å². The van der Waals surface area contributed by atoms with Gasteiger partial charge < -0.3 is 14.3 Å². The van der Waals surface area contributed by atoms with Gasteiger partial charge >= 0.3 is 5.97 Å². The summed E-state index contributed by atoms with van der Waals surface area (Å²) in [5, 5.41) is 8.32. The predicted molar refractivity (Wildman–Crippen MR) is 62.3 cm³/mol. The standard InChI is InChI=1S/C11H13NO6S/c13-11(14)9-3-4-10(18-9)19(15,16)12-7-5-6-1-2-8(7)17-6/h3-4,6-8,12H,1-2,5H2,(H,13,14). The Morgan fingerprint density at radius 1 is 1.37 bits per heavy atom. The molecule has 2 N–H and O–H groups in total. The fourth-order valence-electron chi connectivity index (χ4n) is 2.60. The third-order valence-electron chi connectivity index (χ3n) is 3.47. The molecule has 8 heteroatoms. The summed E-state index contributed by atoms with van der Waals surface area (Å²) < 4.78 is 37.0. The van der Waals surface area contributed by atoms with Crippen molar-refractivity contribution in [1.29, 1.82) is 0 Å². The second-order valence-electron chi connectivity index (χ2n) is 4.76. The average Bonchev–Trinajstić information content (AvgIpc) is 3.04. The van der Waals surface area contributed by atoms with Crippen LogP contribution in [-0.4, -0.2) is 37.7 Å². The lowest BCUT2D eigenvalue weighted by Crippen LogP contribution is -2.41. The van der Waals surface area contributed by atoms with Crippen molar-refractivity contribution in [3.63, 3.8) is 0 Å². The molecule has 1 aromatic rings. The van der Waals surface area contributed by atoms with Crippen LogP contribution in [0, 0.1) is 0 Å². The lowest BCUT2D eigenvalue weighted by molar-refractivity contribution is 0.0656. The molecule has 3 heterocycles. The van der Waals surface area contributed by atoms with E-state index >= 15 is 0 Å². The number of hydrogen-bond donors (Lipinski definition) is 2. The summed E-state index contributed by atoms with van der Waals surface area (Å²) in [7, 11) is -3.84. The van der Waals surface area contributed by atoms with Gasteiger partial charge in [0, 0.05) is 0 Å². The number of carbonyl (C=O) groups is 1. The molecule has 2 aliphatic heterocycles. The molecule has 0 aromatic carbocycles. The van der Waals surface area contributed by atoms with Crippen LogP contribution in [-0.2, 0) is 14.8 Å².